The summed E-state index contributed by atoms with van der Waals surface area (Å²) >= 11 is 10.7. The number of hydrogen-bond donors (Lipinski definition) is 3. The fraction of sp³-hybridized carbons (Fsp3) is 0.743. The van der Waals surface area contributed by atoms with E-state index in [1.54, 1.807) is 12.3 Å². The van der Waals surface area contributed by atoms with Crippen molar-refractivity contribution in [1.29, 1.82) is 5.26 Å². The van der Waals surface area contributed by atoms with Crippen LogP contribution in [0.1, 0.15) is 87.1 Å². The fourth-order valence-electron chi connectivity index (χ4n) is 8.32. The Labute approximate surface area is 362 Å². The van der Waals surface area contributed by atoms with Gasteiger partial charge in [-0.1, -0.05) is 72.9 Å². The lowest BCUT2D eigenvalue weighted by molar-refractivity contribution is -0.0101. The number of H-pyrrole nitrogens is 1. The van der Waals surface area contributed by atoms with Gasteiger partial charge in [-0.15, -0.1) is 5.10 Å². The van der Waals surface area contributed by atoms with E-state index in [9.17, 15) is 19.4 Å². The first-order valence-electron chi connectivity index (χ1n) is 20.2. The van der Waals surface area contributed by atoms with E-state index in [4.69, 9.17) is 47.7 Å². The van der Waals surface area contributed by atoms with Gasteiger partial charge in [0.05, 0.1) is 56.9 Å². The van der Waals surface area contributed by atoms with Gasteiger partial charge in [-0.3, -0.25) is 9.32 Å². The first-order valence-corrected chi connectivity index (χ1v) is 29.5. The van der Waals surface area contributed by atoms with E-state index in [0.717, 1.165) is 0 Å². The van der Waals surface area contributed by atoms with Crippen molar-refractivity contribution in [2.45, 2.75) is 134 Å². The third-order valence-electron chi connectivity index (χ3n) is 11.5. The Morgan fingerprint density at radius 3 is 2.42 bits per heavy atom. The van der Waals surface area contributed by atoms with Gasteiger partial charge in [0.1, 0.15) is 18.5 Å². The monoisotopic (exact) mass is 946 g/mol. The van der Waals surface area contributed by atoms with Crippen LogP contribution >= 0.6 is 25.8 Å². The number of ether oxygens (including phenoxy) is 1. The smallest absolute Gasteiger partial charge is 0.386 e. The van der Waals surface area contributed by atoms with Crippen molar-refractivity contribution in [1.82, 2.24) is 34.9 Å². The summed E-state index contributed by atoms with van der Waals surface area (Å²) < 4.78 is 68.7. The number of aromatic amines is 1. The predicted octanol–water partition coefficient (Wildman–Crippen LogP) is 6.65. The molecule has 3 fully saturated rings. The summed E-state index contributed by atoms with van der Waals surface area (Å²) in [5.74, 6) is -0.696. The molecule has 3 aromatic rings. The normalized spacial score (nSPS) is 30.6. The maximum absolute atomic E-state index is 14.3. The van der Waals surface area contributed by atoms with Crippen LogP contribution in [-0.4, -0.2) is 101 Å². The van der Waals surface area contributed by atoms with Gasteiger partial charge in [-0.2, -0.15) is 5.26 Å². The Kier molecular flexibility index (Phi) is 15.3. The predicted molar refractivity (Wildman–Crippen MR) is 231 cm³/mol. The standard InChI is InChI=1S/C35H56N8O11P2S2Si2/c1-21(2)59(46,22(3)4)54-60(23(5)6,24(7)8)53-32-26-15-28(43-34-31(41-42-43)35(44)40-20-39-34)33(32)52-56(58,47-13-9-11-36)49-17-25-14-27(50-30-10-12-37-19-38-30)16-29(25)51-55(45,57)48-18-26/h10,12,19-29,32-33,46H,9,13-18H2,1-8H3,(H,45,57)(H,39,40,44)/t25-,26?,27-,28-,29+,32-,33+,55+,56+/m1/s1. The molecular formula is C35H56N8O11P2S2Si2. The number of nitrogens with one attached hydrogen (secondary N) is 1. The second-order valence-electron chi connectivity index (χ2n) is 16.8. The van der Waals surface area contributed by atoms with Gasteiger partial charge >= 0.3 is 30.6 Å². The van der Waals surface area contributed by atoms with Gasteiger partial charge in [0.15, 0.2) is 11.2 Å². The molecule has 0 spiro atoms. The summed E-state index contributed by atoms with van der Waals surface area (Å²) in [5, 5.41) is 18.1. The highest BCUT2D eigenvalue weighted by Crippen LogP contribution is 2.61. The molecule has 2 bridgehead atoms. The van der Waals surface area contributed by atoms with Gasteiger partial charge in [-0.25, -0.2) is 24.2 Å². The molecule has 3 aliphatic rings. The Morgan fingerprint density at radius 1 is 1.05 bits per heavy atom. The molecule has 9 atom stereocenters. The summed E-state index contributed by atoms with van der Waals surface area (Å²) in [5.41, 5.74) is -1.03. The molecule has 0 aromatic carbocycles. The molecule has 2 saturated carbocycles. The lowest BCUT2D eigenvalue weighted by Gasteiger charge is -2.48. The lowest BCUT2D eigenvalue weighted by Crippen LogP contribution is -2.62. The topological polar surface area (TPSA) is 237 Å². The number of nitrogens with zero attached hydrogens (tertiary/aromatic N) is 7. The Hall–Kier alpha value is -2.01. The first kappa shape index (κ1) is 47.5. The van der Waals surface area contributed by atoms with E-state index < -0.39 is 78.5 Å². The van der Waals surface area contributed by atoms with Crippen molar-refractivity contribution in [3.8, 4) is 11.9 Å². The minimum Gasteiger partial charge on any atom is -0.474 e. The average molecular weight is 947 g/mol. The zero-order valence-electron chi connectivity index (χ0n) is 35.0. The maximum Gasteiger partial charge on any atom is 0.386 e. The summed E-state index contributed by atoms with van der Waals surface area (Å²) in [7, 11) is -6.98. The van der Waals surface area contributed by atoms with E-state index in [-0.39, 0.29) is 66.0 Å². The third kappa shape index (κ3) is 10.3. The van der Waals surface area contributed by atoms with Crippen LogP contribution in [0.3, 0.4) is 0 Å². The number of hydrogen-bond acceptors (Lipinski definition) is 18. The van der Waals surface area contributed by atoms with Crippen LogP contribution in [0.5, 0.6) is 5.88 Å². The van der Waals surface area contributed by atoms with E-state index in [0.29, 0.717) is 18.7 Å². The molecule has 4 heterocycles. The first-order chi connectivity index (χ1) is 28.3. The molecule has 1 unspecified atom stereocenters. The quantitative estimate of drug-likeness (QED) is 0.0663. The second-order valence-corrected chi connectivity index (χ2v) is 31.2. The van der Waals surface area contributed by atoms with Crippen molar-refractivity contribution >= 4 is 65.9 Å². The van der Waals surface area contributed by atoms with Crippen molar-refractivity contribution < 1.29 is 45.3 Å². The number of aromatic nitrogens is 7. The highest BCUT2D eigenvalue weighted by molar-refractivity contribution is 8.44. The Morgan fingerprint density at radius 2 is 1.77 bits per heavy atom. The number of fused-ring (bicyclic) bond motifs is 4. The zero-order valence-corrected chi connectivity index (χ0v) is 40.5. The maximum atomic E-state index is 14.3. The average Bonchev–Trinajstić information content (AvgIpc) is 3.88. The van der Waals surface area contributed by atoms with Crippen LogP contribution in [0.15, 0.2) is 29.7 Å². The second kappa shape index (κ2) is 19.4. The van der Waals surface area contributed by atoms with E-state index >= 15 is 0 Å². The van der Waals surface area contributed by atoms with E-state index in [1.807, 2.05) is 55.4 Å². The highest BCUT2D eigenvalue weighted by Gasteiger charge is 2.60. The van der Waals surface area contributed by atoms with Crippen molar-refractivity contribution in [2.75, 3.05) is 19.8 Å². The number of nitriles is 1. The van der Waals surface area contributed by atoms with Crippen molar-refractivity contribution in [3.63, 3.8) is 0 Å². The molecule has 19 nitrogen and oxygen atoms in total. The summed E-state index contributed by atoms with van der Waals surface area (Å²) in [6.45, 7) is 7.68. The lowest BCUT2D eigenvalue weighted by atomic mass is 10.1. The molecule has 332 valence electrons. The molecule has 25 heteroatoms. The van der Waals surface area contributed by atoms with Crippen LogP contribution in [0.4, 0.5) is 0 Å². The molecule has 60 heavy (non-hydrogen) atoms. The van der Waals surface area contributed by atoms with Gasteiger partial charge in [-0.05, 0) is 46.8 Å². The van der Waals surface area contributed by atoms with Crippen LogP contribution in [0, 0.1) is 23.2 Å². The molecule has 0 amide bonds. The van der Waals surface area contributed by atoms with E-state index in [2.05, 4.69) is 48.6 Å². The fourth-order valence-corrected chi connectivity index (χ4v) is 22.0. The largest absolute Gasteiger partial charge is 0.474 e. The highest BCUT2D eigenvalue weighted by atomic mass is 32.7. The van der Waals surface area contributed by atoms with Gasteiger partial charge in [0.25, 0.3) is 5.56 Å². The minimum absolute atomic E-state index is 0.00103. The molecule has 2 aliphatic carbocycles. The number of rotatable bonds is 14. The Bertz CT molecular complexity index is 2120. The zero-order chi connectivity index (χ0) is 43.6. The van der Waals surface area contributed by atoms with Gasteiger partial charge in [0.2, 0.25) is 5.88 Å². The van der Waals surface area contributed by atoms with Crippen LogP contribution < -0.4 is 10.3 Å². The summed E-state index contributed by atoms with van der Waals surface area (Å²) in [6, 6.07) is 2.94. The molecular weight excluding hydrogens is 891 g/mol. The molecule has 1 saturated heterocycles. The van der Waals surface area contributed by atoms with E-state index in [1.165, 1.54) is 17.3 Å². The minimum atomic E-state index is -4.09. The molecule has 0 radical (unpaired) electrons. The van der Waals surface area contributed by atoms with Crippen molar-refractivity contribution in [2.24, 2.45) is 11.8 Å². The Balaban J connectivity index is 1.47. The molecule has 1 aliphatic heterocycles. The SMILES string of the molecule is CC(C)[Si](O)(O[Si](O[C@@H]1C2CO[P@](=O)(S)O[C@H]3C[C@H](Oc4ccncn4)C[C@@H]3CO[P@@](=S)(OCCC#N)O[C@H]1[C@H](n1nnc3c(=O)[nH]cnc31)C2)(C(C)C)C(C)C)C(C)C. The summed E-state index contributed by atoms with van der Waals surface area (Å²) in [6.07, 6.45) is 2.04. The molecule has 2 N–H and O–H groups in total. The number of thiol groups is 1. The van der Waals surface area contributed by atoms with Gasteiger partial charge in [0, 0.05) is 30.5 Å². The van der Waals surface area contributed by atoms with Crippen LogP contribution in [0.2, 0.25) is 22.2 Å². The molecule has 3 aromatic heterocycles. The van der Waals surface area contributed by atoms with Gasteiger partial charge < -0.3 is 41.2 Å². The van der Waals surface area contributed by atoms with Crippen molar-refractivity contribution in [3.05, 3.63) is 35.3 Å². The molecule has 6 rings (SSSR count). The third-order valence-corrected chi connectivity index (χ3v) is 25.3. The van der Waals surface area contributed by atoms with Crippen LogP contribution in [0.25, 0.3) is 11.2 Å². The summed E-state index contributed by atoms with van der Waals surface area (Å²) in [4.78, 5) is 40.3. The van der Waals surface area contributed by atoms with Crippen LogP contribution in [-0.2, 0) is 47.5 Å².